The Morgan fingerprint density at radius 1 is 1.03 bits per heavy atom. The summed E-state index contributed by atoms with van der Waals surface area (Å²) in [5.74, 6) is 0.767. The van der Waals surface area contributed by atoms with Crippen LogP contribution in [0.5, 0.6) is 0 Å². The van der Waals surface area contributed by atoms with Crippen molar-refractivity contribution in [2.75, 3.05) is 5.75 Å². The van der Waals surface area contributed by atoms with Gasteiger partial charge < -0.3 is 10.2 Å². The summed E-state index contributed by atoms with van der Waals surface area (Å²) in [5.41, 5.74) is 1.93. The highest BCUT2D eigenvalue weighted by molar-refractivity contribution is 7.99. The SMILES string of the molecule is CC[C@@H](C)NC(=O)[C@H](CC)N(Cc1ccccc1Cl)C(=O)CSCc1ccc(Cl)cc1. The fourth-order valence-electron chi connectivity index (χ4n) is 3.09. The number of benzene rings is 2. The quantitative estimate of drug-likeness (QED) is 0.432. The number of carbonyl (C=O) groups excluding carboxylic acids is 2. The molecular formula is C24H30Cl2N2O2S. The molecule has 0 fully saturated rings. The molecule has 168 valence electrons. The van der Waals surface area contributed by atoms with E-state index in [-0.39, 0.29) is 23.6 Å². The molecule has 2 aromatic rings. The minimum atomic E-state index is -0.547. The molecule has 0 spiro atoms. The molecule has 2 aromatic carbocycles. The van der Waals surface area contributed by atoms with Crippen LogP contribution in [0, 0.1) is 0 Å². The average Bonchev–Trinajstić information content (AvgIpc) is 2.76. The predicted molar refractivity (Wildman–Crippen MR) is 132 cm³/mol. The van der Waals surface area contributed by atoms with Gasteiger partial charge in [0.1, 0.15) is 6.04 Å². The van der Waals surface area contributed by atoms with Crippen LogP contribution in [0.2, 0.25) is 10.0 Å². The van der Waals surface area contributed by atoms with Crippen LogP contribution in [0.1, 0.15) is 44.7 Å². The number of carbonyl (C=O) groups is 2. The molecule has 0 aliphatic heterocycles. The minimum absolute atomic E-state index is 0.0538. The molecular weight excluding hydrogens is 451 g/mol. The van der Waals surface area contributed by atoms with Crippen LogP contribution in [0.4, 0.5) is 0 Å². The van der Waals surface area contributed by atoms with Crippen LogP contribution in [-0.2, 0) is 21.9 Å². The van der Waals surface area contributed by atoms with Gasteiger partial charge in [-0.3, -0.25) is 9.59 Å². The van der Waals surface area contributed by atoms with E-state index in [1.165, 1.54) is 11.8 Å². The number of thioether (sulfide) groups is 1. The molecule has 2 amide bonds. The molecule has 0 aliphatic rings. The summed E-state index contributed by atoms with van der Waals surface area (Å²) in [6.07, 6.45) is 1.36. The number of rotatable bonds is 11. The number of hydrogen-bond donors (Lipinski definition) is 1. The zero-order valence-corrected chi connectivity index (χ0v) is 20.6. The van der Waals surface area contributed by atoms with Gasteiger partial charge in [-0.15, -0.1) is 11.8 Å². The number of hydrogen-bond acceptors (Lipinski definition) is 3. The van der Waals surface area contributed by atoms with Gasteiger partial charge in [-0.25, -0.2) is 0 Å². The van der Waals surface area contributed by atoms with Gasteiger partial charge in [0, 0.05) is 28.4 Å². The maximum Gasteiger partial charge on any atom is 0.243 e. The van der Waals surface area contributed by atoms with Gasteiger partial charge in [-0.2, -0.15) is 0 Å². The first kappa shape index (κ1) is 25.6. The third-order valence-corrected chi connectivity index (χ3v) is 6.70. The molecule has 0 bridgehead atoms. The van der Waals surface area contributed by atoms with Crippen molar-refractivity contribution < 1.29 is 9.59 Å². The van der Waals surface area contributed by atoms with Gasteiger partial charge in [-0.1, -0.05) is 67.4 Å². The van der Waals surface area contributed by atoms with E-state index in [2.05, 4.69) is 5.32 Å². The highest BCUT2D eigenvalue weighted by atomic mass is 35.5. The molecule has 1 N–H and O–H groups in total. The normalized spacial score (nSPS) is 12.8. The van der Waals surface area contributed by atoms with Crippen LogP contribution in [0.15, 0.2) is 48.5 Å². The van der Waals surface area contributed by atoms with Crippen molar-refractivity contribution in [2.24, 2.45) is 0 Å². The molecule has 4 nitrogen and oxygen atoms in total. The zero-order chi connectivity index (χ0) is 22.8. The first-order valence-corrected chi connectivity index (χ1v) is 12.4. The first-order chi connectivity index (χ1) is 14.8. The van der Waals surface area contributed by atoms with Gasteiger partial charge >= 0.3 is 0 Å². The summed E-state index contributed by atoms with van der Waals surface area (Å²) in [5, 5.41) is 4.30. The van der Waals surface area contributed by atoms with Gasteiger partial charge in [0.15, 0.2) is 0 Å². The summed E-state index contributed by atoms with van der Waals surface area (Å²) >= 11 is 13.8. The van der Waals surface area contributed by atoms with Crippen molar-refractivity contribution in [1.29, 1.82) is 0 Å². The molecule has 0 saturated heterocycles. The first-order valence-electron chi connectivity index (χ1n) is 10.5. The number of nitrogens with one attached hydrogen (secondary N) is 1. The van der Waals surface area contributed by atoms with E-state index in [4.69, 9.17) is 23.2 Å². The highest BCUT2D eigenvalue weighted by Crippen LogP contribution is 2.22. The van der Waals surface area contributed by atoms with E-state index in [9.17, 15) is 9.59 Å². The zero-order valence-electron chi connectivity index (χ0n) is 18.2. The van der Waals surface area contributed by atoms with Crippen molar-refractivity contribution in [3.63, 3.8) is 0 Å². The van der Waals surface area contributed by atoms with E-state index in [1.54, 1.807) is 11.0 Å². The molecule has 2 atom stereocenters. The summed E-state index contributed by atoms with van der Waals surface area (Å²) < 4.78 is 0. The van der Waals surface area contributed by atoms with E-state index < -0.39 is 6.04 Å². The topological polar surface area (TPSA) is 49.4 Å². The van der Waals surface area contributed by atoms with Crippen LogP contribution in [-0.4, -0.2) is 34.6 Å². The Balaban J connectivity index is 2.14. The molecule has 0 radical (unpaired) electrons. The second kappa shape index (κ2) is 13.0. The predicted octanol–water partition coefficient (Wildman–Crippen LogP) is 5.95. The summed E-state index contributed by atoms with van der Waals surface area (Å²) in [6.45, 7) is 6.21. The molecule has 2 rings (SSSR count). The second-order valence-corrected chi connectivity index (χ2v) is 9.30. The van der Waals surface area contributed by atoms with E-state index in [0.717, 1.165) is 17.5 Å². The number of nitrogens with zero attached hydrogens (tertiary/aromatic N) is 1. The average molecular weight is 481 g/mol. The lowest BCUT2D eigenvalue weighted by Gasteiger charge is -2.31. The maximum atomic E-state index is 13.2. The van der Waals surface area contributed by atoms with Crippen LogP contribution < -0.4 is 5.32 Å². The second-order valence-electron chi connectivity index (χ2n) is 7.47. The van der Waals surface area contributed by atoms with Gasteiger partial charge in [-0.05, 0) is 49.1 Å². The molecule has 7 heteroatoms. The Morgan fingerprint density at radius 2 is 1.71 bits per heavy atom. The summed E-state index contributed by atoms with van der Waals surface area (Å²) in [6, 6.07) is 14.5. The standard InChI is InChI=1S/C24H30Cl2N2O2S/c1-4-17(3)27-24(30)22(5-2)28(14-19-8-6-7-9-21(19)26)23(29)16-31-15-18-10-12-20(25)13-11-18/h6-13,17,22H,4-5,14-16H2,1-3H3,(H,27,30)/t17-,22+/m1/s1. The van der Waals surface area contributed by atoms with Crippen molar-refractivity contribution in [2.45, 2.75) is 58.0 Å². The Bertz CT molecular complexity index is 861. The van der Waals surface area contributed by atoms with Crippen LogP contribution >= 0.6 is 35.0 Å². The summed E-state index contributed by atoms with van der Waals surface area (Å²) in [7, 11) is 0. The lowest BCUT2D eigenvalue weighted by Crippen LogP contribution is -2.51. The maximum absolute atomic E-state index is 13.2. The fraction of sp³-hybridized carbons (Fsp3) is 0.417. The Labute approximate surface area is 199 Å². The Hall–Kier alpha value is -1.69. The molecule has 0 aliphatic carbocycles. The monoisotopic (exact) mass is 480 g/mol. The third kappa shape index (κ3) is 8.06. The highest BCUT2D eigenvalue weighted by Gasteiger charge is 2.29. The third-order valence-electron chi connectivity index (χ3n) is 5.09. The fourth-order valence-corrected chi connectivity index (χ4v) is 4.28. The minimum Gasteiger partial charge on any atom is -0.352 e. The molecule has 0 heterocycles. The van der Waals surface area contributed by atoms with Crippen LogP contribution in [0.3, 0.4) is 0 Å². The van der Waals surface area contributed by atoms with Crippen molar-refractivity contribution in [1.82, 2.24) is 10.2 Å². The van der Waals surface area contributed by atoms with E-state index >= 15 is 0 Å². The van der Waals surface area contributed by atoms with E-state index in [1.807, 2.05) is 63.2 Å². The number of amides is 2. The van der Waals surface area contributed by atoms with Crippen molar-refractivity contribution in [3.8, 4) is 0 Å². The number of halogens is 2. The molecule has 0 unspecified atom stereocenters. The lowest BCUT2D eigenvalue weighted by atomic mass is 10.1. The van der Waals surface area contributed by atoms with Gasteiger partial charge in [0.05, 0.1) is 5.75 Å². The van der Waals surface area contributed by atoms with Gasteiger partial charge in [0.25, 0.3) is 0 Å². The van der Waals surface area contributed by atoms with Crippen LogP contribution in [0.25, 0.3) is 0 Å². The molecule has 31 heavy (non-hydrogen) atoms. The molecule has 0 aromatic heterocycles. The van der Waals surface area contributed by atoms with E-state index in [0.29, 0.717) is 28.8 Å². The molecule has 0 saturated carbocycles. The Morgan fingerprint density at radius 3 is 2.32 bits per heavy atom. The van der Waals surface area contributed by atoms with Crippen molar-refractivity contribution >= 4 is 46.8 Å². The van der Waals surface area contributed by atoms with Crippen molar-refractivity contribution in [3.05, 3.63) is 69.7 Å². The summed E-state index contributed by atoms with van der Waals surface area (Å²) in [4.78, 5) is 27.8. The largest absolute Gasteiger partial charge is 0.352 e. The smallest absolute Gasteiger partial charge is 0.243 e. The van der Waals surface area contributed by atoms with Gasteiger partial charge in [0.2, 0.25) is 11.8 Å². The lowest BCUT2D eigenvalue weighted by molar-refractivity contribution is -0.139. The Kier molecular flexibility index (Phi) is 10.7.